The summed E-state index contributed by atoms with van der Waals surface area (Å²) < 4.78 is 10.3. The summed E-state index contributed by atoms with van der Waals surface area (Å²) in [7, 11) is 0.492. The van der Waals surface area contributed by atoms with E-state index in [1.165, 1.54) is 0 Å². The molecular formula is C8H8ClO2P. The van der Waals surface area contributed by atoms with Crippen molar-refractivity contribution < 1.29 is 8.83 Å². The van der Waals surface area contributed by atoms with E-state index in [1.807, 2.05) is 24.3 Å². The monoisotopic (exact) mass is 202 g/mol. The van der Waals surface area contributed by atoms with E-state index in [-0.39, 0.29) is 12.4 Å². The normalized spacial score (nSPS) is 9.33. The third-order valence-corrected chi connectivity index (χ3v) is 2.35. The molecule has 0 aliphatic rings. The van der Waals surface area contributed by atoms with Gasteiger partial charge in [0.05, 0.1) is 12.5 Å². The lowest BCUT2D eigenvalue weighted by Gasteiger charge is -1.89. The van der Waals surface area contributed by atoms with E-state index < -0.39 is 0 Å². The Labute approximate surface area is 78.1 Å². The number of halogens is 1. The van der Waals surface area contributed by atoms with Crippen LogP contribution in [0, 0.1) is 0 Å². The third kappa shape index (κ3) is 2.13. The molecule has 0 saturated heterocycles. The van der Waals surface area contributed by atoms with Crippen LogP contribution in [-0.2, 0) is 0 Å². The fraction of sp³-hybridized carbons (Fsp3) is 0. The molecule has 0 spiro atoms. The molecule has 0 bridgehead atoms. The first kappa shape index (κ1) is 9.37. The second kappa shape index (κ2) is 4.34. The van der Waals surface area contributed by atoms with Crippen molar-refractivity contribution in [3.63, 3.8) is 0 Å². The molecular weight excluding hydrogens is 195 g/mol. The lowest BCUT2D eigenvalue weighted by atomic mass is 10.7. The van der Waals surface area contributed by atoms with E-state index in [4.69, 9.17) is 8.83 Å². The summed E-state index contributed by atoms with van der Waals surface area (Å²) in [6.45, 7) is 0. The van der Waals surface area contributed by atoms with Gasteiger partial charge in [-0.3, -0.25) is 0 Å². The first-order valence-corrected chi connectivity index (χ1v) is 4.29. The molecule has 2 aromatic rings. The minimum absolute atomic E-state index is 0. The molecule has 0 radical (unpaired) electrons. The Bertz CT molecular complexity index is 269. The fourth-order valence-corrected chi connectivity index (χ4v) is 1.68. The highest BCUT2D eigenvalue weighted by molar-refractivity contribution is 7.54. The van der Waals surface area contributed by atoms with Gasteiger partial charge in [0.1, 0.15) is 11.0 Å². The number of hydrogen-bond donors (Lipinski definition) is 0. The van der Waals surface area contributed by atoms with Crippen molar-refractivity contribution in [3.05, 3.63) is 36.8 Å². The number of hydrogen-bond acceptors (Lipinski definition) is 2. The molecule has 0 N–H and O–H groups in total. The van der Waals surface area contributed by atoms with E-state index in [1.54, 1.807) is 12.5 Å². The highest BCUT2D eigenvalue weighted by atomic mass is 35.5. The maximum Gasteiger partial charge on any atom is 0.130 e. The number of rotatable bonds is 2. The van der Waals surface area contributed by atoms with Gasteiger partial charge in [-0.05, 0) is 24.3 Å². The molecule has 0 saturated carbocycles. The van der Waals surface area contributed by atoms with Gasteiger partial charge >= 0.3 is 0 Å². The largest absolute Gasteiger partial charge is 0.465 e. The molecule has 0 unspecified atom stereocenters. The molecule has 0 aliphatic heterocycles. The molecule has 0 aliphatic carbocycles. The van der Waals surface area contributed by atoms with E-state index >= 15 is 0 Å². The van der Waals surface area contributed by atoms with Crippen LogP contribution >= 0.6 is 21.0 Å². The summed E-state index contributed by atoms with van der Waals surface area (Å²) in [4.78, 5) is 0. The van der Waals surface area contributed by atoms with Crippen molar-refractivity contribution >= 4 is 32.0 Å². The van der Waals surface area contributed by atoms with Gasteiger partial charge in [0.15, 0.2) is 0 Å². The maximum atomic E-state index is 5.16. The van der Waals surface area contributed by atoms with Crippen molar-refractivity contribution in [1.29, 1.82) is 0 Å². The van der Waals surface area contributed by atoms with Crippen LogP contribution in [0.2, 0.25) is 0 Å². The van der Waals surface area contributed by atoms with Crippen molar-refractivity contribution in [2.24, 2.45) is 0 Å². The Hall–Kier alpha value is -0.720. The lowest BCUT2D eigenvalue weighted by molar-refractivity contribution is 0.595. The van der Waals surface area contributed by atoms with Crippen LogP contribution in [0.25, 0.3) is 0 Å². The summed E-state index contributed by atoms with van der Waals surface area (Å²) in [6, 6.07) is 7.65. The van der Waals surface area contributed by atoms with Crippen LogP contribution in [0.3, 0.4) is 0 Å². The van der Waals surface area contributed by atoms with Crippen LogP contribution < -0.4 is 11.0 Å². The zero-order valence-electron chi connectivity index (χ0n) is 6.19. The zero-order valence-corrected chi connectivity index (χ0v) is 8.01. The standard InChI is InChI=1S/C8H7O2P.ClH/c1-3-7(9-5-1)11-8-4-2-6-10-8;/h1-6,11H;1H. The van der Waals surface area contributed by atoms with Gasteiger partial charge < -0.3 is 8.83 Å². The molecule has 2 heterocycles. The zero-order chi connectivity index (χ0) is 7.52. The Morgan fingerprint density at radius 2 is 1.42 bits per heavy atom. The second-order valence-corrected chi connectivity index (χ2v) is 3.32. The van der Waals surface area contributed by atoms with E-state index in [9.17, 15) is 0 Å². The molecule has 0 aromatic carbocycles. The Morgan fingerprint density at radius 1 is 0.917 bits per heavy atom. The molecule has 0 fully saturated rings. The van der Waals surface area contributed by atoms with Gasteiger partial charge in [0.2, 0.25) is 0 Å². The van der Waals surface area contributed by atoms with Gasteiger partial charge in [-0.1, -0.05) is 0 Å². The first-order chi connectivity index (χ1) is 5.45. The van der Waals surface area contributed by atoms with Gasteiger partial charge in [0, 0.05) is 8.58 Å². The summed E-state index contributed by atoms with van der Waals surface area (Å²) in [5, 5.41) is 0. The smallest absolute Gasteiger partial charge is 0.130 e. The van der Waals surface area contributed by atoms with Crippen molar-refractivity contribution in [2.75, 3.05) is 0 Å². The SMILES string of the molecule is Cl.c1coc(Pc2ccco2)c1. The first-order valence-electron chi connectivity index (χ1n) is 3.29. The summed E-state index contributed by atoms with van der Waals surface area (Å²) in [5.74, 6) is 0. The van der Waals surface area contributed by atoms with E-state index in [0.29, 0.717) is 8.58 Å². The molecule has 2 nitrogen and oxygen atoms in total. The van der Waals surface area contributed by atoms with Crippen LogP contribution in [0.4, 0.5) is 0 Å². The second-order valence-electron chi connectivity index (χ2n) is 2.08. The highest BCUT2D eigenvalue weighted by Crippen LogP contribution is 2.09. The molecule has 4 heteroatoms. The van der Waals surface area contributed by atoms with E-state index in [2.05, 4.69) is 0 Å². The summed E-state index contributed by atoms with van der Waals surface area (Å²) >= 11 is 0. The summed E-state index contributed by atoms with van der Waals surface area (Å²) in [5.41, 5.74) is 1.92. The molecule has 2 rings (SSSR count). The molecule has 0 atom stereocenters. The van der Waals surface area contributed by atoms with Gasteiger partial charge in [0.25, 0.3) is 0 Å². The quantitative estimate of drug-likeness (QED) is 0.696. The van der Waals surface area contributed by atoms with Crippen molar-refractivity contribution in [2.45, 2.75) is 0 Å². The number of furan rings is 2. The molecule has 12 heavy (non-hydrogen) atoms. The van der Waals surface area contributed by atoms with Gasteiger partial charge in [-0.15, -0.1) is 12.4 Å². The Balaban J connectivity index is 0.000000720. The van der Waals surface area contributed by atoms with Crippen molar-refractivity contribution in [1.82, 2.24) is 0 Å². The van der Waals surface area contributed by atoms with Gasteiger partial charge in [-0.2, -0.15) is 0 Å². The predicted molar refractivity (Wildman–Crippen MR) is 52.2 cm³/mol. The Kier molecular flexibility index (Phi) is 3.39. The van der Waals surface area contributed by atoms with Crippen LogP contribution in [0.15, 0.2) is 45.6 Å². The average Bonchev–Trinajstić information content (AvgIpc) is 2.60. The Morgan fingerprint density at radius 3 is 1.75 bits per heavy atom. The molecule has 0 amide bonds. The molecule has 2 aromatic heterocycles. The van der Waals surface area contributed by atoms with E-state index in [0.717, 1.165) is 11.0 Å². The predicted octanol–water partition coefficient (Wildman–Crippen LogP) is 1.92. The van der Waals surface area contributed by atoms with Crippen LogP contribution in [-0.4, -0.2) is 0 Å². The van der Waals surface area contributed by atoms with Gasteiger partial charge in [-0.25, -0.2) is 0 Å². The highest BCUT2D eigenvalue weighted by Gasteiger charge is 1.99. The fourth-order valence-electron chi connectivity index (χ4n) is 0.821. The van der Waals surface area contributed by atoms with Crippen LogP contribution in [0.5, 0.6) is 0 Å². The topological polar surface area (TPSA) is 26.3 Å². The van der Waals surface area contributed by atoms with Crippen LogP contribution in [0.1, 0.15) is 0 Å². The average molecular weight is 203 g/mol. The minimum atomic E-state index is 0. The molecule has 64 valence electrons. The van der Waals surface area contributed by atoms with Crippen molar-refractivity contribution in [3.8, 4) is 0 Å². The maximum absolute atomic E-state index is 5.16. The third-order valence-electron chi connectivity index (χ3n) is 1.29. The summed E-state index contributed by atoms with van der Waals surface area (Å²) in [6.07, 6.45) is 3.34. The minimum Gasteiger partial charge on any atom is -0.465 e. The lowest BCUT2D eigenvalue weighted by Crippen LogP contribution is -1.96.